The lowest BCUT2D eigenvalue weighted by Gasteiger charge is -2.19. The number of nitrogens with zero attached hydrogens (tertiary/aromatic N) is 5. The Morgan fingerprint density at radius 3 is 1.08 bits per heavy atom. The van der Waals surface area contributed by atoms with Crippen LogP contribution in [-0.2, 0) is 0 Å². The first-order valence-corrected chi connectivity index (χ1v) is 23.0. The van der Waals surface area contributed by atoms with Crippen LogP contribution in [0.3, 0.4) is 0 Å². The average Bonchev–Trinajstić information content (AvgIpc) is 4.15. The summed E-state index contributed by atoms with van der Waals surface area (Å²) in [7, 11) is 0. The van der Waals surface area contributed by atoms with Gasteiger partial charge in [-0.3, -0.25) is 0 Å². The fourth-order valence-corrected chi connectivity index (χ4v) is 11.3. The number of aromatic nitrogens is 4. The van der Waals surface area contributed by atoms with E-state index in [2.05, 4.69) is 27.3 Å². The summed E-state index contributed by atoms with van der Waals surface area (Å²) in [6.45, 7) is 0. The number of halogens is 5. The maximum Gasteiger partial charge on any atom is 0.200 e. The number of hydrogen-bond donors (Lipinski definition) is 0. The lowest BCUT2D eigenvalue weighted by molar-refractivity contribution is 0.381. The highest BCUT2D eigenvalue weighted by Gasteiger charge is 2.31. The highest BCUT2D eigenvalue weighted by molar-refractivity contribution is 6.28. The fraction of sp³-hybridized carbons (Fsp3) is 0. The fourth-order valence-electron chi connectivity index (χ4n) is 11.3. The molecule has 14 aromatic rings. The normalized spacial score (nSPS) is 12.0. The van der Waals surface area contributed by atoms with Crippen LogP contribution in [0.2, 0.25) is 0 Å². The van der Waals surface area contributed by atoms with Gasteiger partial charge in [0.15, 0.2) is 23.3 Å². The molecule has 336 valence electrons. The lowest BCUT2D eigenvalue weighted by atomic mass is 9.98. The molecule has 0 saturated carbocycles. The molecule has 0 bridgehead atoms. The zero-order chi connectivity index (χ0) is 47.8. The van der Waals surface area contributed by atoms with Crippen LogP contribution in [0.15, 0.2) is 194 Å². The first-order valence-electron chi connectivity index (χ1n) is 23.0. The molecule has 0 unspecified atom stereocenters. The van der Waals surface area contributed by atoms with Gasteiger partial charge in [0.25, 0.3) is 0 Å². The largest absolute Gasteiger partial charge is 0.309 e. The third kappa shape index (κ3) is 5.48. The summed E-state index contributed by atoms with van der Waals surface area (Å²) in [6.07, 6.45) is 0. The third-order valence-corrected chi connectivity index (χ3v) is 14.2. The Hall–Kier alpha value is -9.46. The number of nitriles is 1. The molecular weight excluding hydrogens is 898 g/mol. The summed E-state index contributed by atoms with van der Waals surface area (Å²) in [6, 6.07) is 64.8. The predicted molar refractivity (Wildman–Crippen MR) is 274 cm³/mol. The van der Waals surface area contributed by atoms with E-state index in [1.165, 1.54) is 12.1 Å². The van der Waals surface area contributed by atoms with E-state index in [0.717, 1.165) is 76.5 Å². The molecule has 4 heterocycles. The Labute approximate surface area is 399 Å². The van der Waals surface area contributed by atoms with Crippen molar-refractivity contribution < 1.29 is 22.0 Å². The van der Waals surface area contributed by atoms with Crippen LogP contribution in [0.4, 0.5) is 22.0 Å². The van der Waals surface area contributed by atoms with Crippen molar-refractivity contribution in [2.24, 2.45) is 0 Å². The zero-order valence-corrected chi connectivity index (χ0v) is 37.1. The molecular formula is C61H32F5N5. The number of hydrogen-bond acceptors (Lipinski definition) is 1. The molecule has 0 fully saturated rings. The summed E-state index contributed by atoms with van der Waals surface area (Å²) in [5.74, 6) is -10.4. The lowest BCUT2D eigenvalue weighted by Crippen LogP contribution is -2.08. The van der Waals surface area contributed by atoms with Crippen molar-refractivity contribution in [3.05, 3.63) is 229 Å². The maximum atomic E-state index is 16.5. The van der Waals surface area contributed by atoms with Gasteiger partial charge in [-0.1, -0.05) is 121 Å². The van der Waals surface area contributed by atoms with Crippen LogP contribution in [0.5, 0.6) is 0 Å². The summed E-state index contributed by atoms with van der Waals surface area (Å²) < 4.78 is 87.2. The molecule has 4 aromatic heterocycles. The van der Waals surface area contributed by atoms with E-state index in [9.17, 15) is 9.65 Å². The second-order valence-electron chi connectivity index (χ2n) is 17.7. The smallest absolute Gasteiger partial charge is 0.200 e. The highest BCUT2D eigenvalue weighted by atomic mass is 19.2. The molecule has 0 N–H and O–H groups in total. The number of rotatable bonds is 5. The van der Waals surface area contributed by atoms with Gasteiger partial charge in [0.1, 0.15) is 11.6 Å². The van der Waals surface area contributed by atoms with Gasteiger partial charge in [-0.2, -0.15) is 5.26 Å². The van der Waals surface area contributed by atoms with Crippen LogP contribution in [0, 0.1) is 40.4 Å². The van der Waals surface area contributed by atoms with E-state index in [4.69, 9.17) is 0 Å². The summed E-state index contributed by atoms with van der Waals surface area (Å²) in [5.41, 5.74) is 7.03. The van der Waals surface area contributed by atoms with Crippen molar-refractivity contribution in [1.29, 1.82) is 5.26 Å². The predicted octanol–water partition coefficient (Wildman–Crippen LogP) is 16.3. The van der Waals surface area contributed by atoms with Gasteiger partial charge in [0.05, 0.1) is 61.1 Å². The van der Waals surface area contributed by atoms with Gasteiger partial charge in [-0.15, -0.1) is 0 Å². The van der Waals surface area contributed by atoms with E-state index < -0.39 is 34.6 Å². The molecule has 0 amide bonds. The second-order valence-corrected chi connectivity index (χ2v) is 17.7. The highest BCUT2D eigenvalue weighted by Crippen LogP contribution is 2.47. The quantitative estimate of drug-likeness (QED) is 0.0963. The topological polar surface area (TPSA) is 43.5 Å². The summed E-state index contributed by atoms with van der Waals surface area (Å²) in [5, 5.41) is 18.6. The number of benzene rings is 10. The zero-order valence-electron chi connectivity index (χ0n) is 37.1. The first-order chi connectivity index (χ1) is 34.8. The Bertz CT molecular complexity index is 4370. The maximum absolute atomic E-state index is 16.5. The summed E-state index contributed by atoms with van der Waals surface area (Å²) in [4.78, 5) is 0. The molecule has 0 spiro atoms. The van der Waals surface area contributed by atoms with Gasteiger partial charge in [0.2, 0.25) is 5.82 Å². The molecule has 0 aliphatic carbocycles. The SMILES string of the molecule is N#Cc1c(-n2c3ccccc3c3ccc4c(c5ccccc5n4-c4ccccc4)c32)cc(-c2c(F)c(F)c(F)c(F)c2F)cc1-n1c2ccccc2c2ccc3c(c4ccccc4n3-c3ccccc3)c21. The van der Waals surface area contributed by atoms with Gasteiger partial charge in [-0.05, 0) is 78.4 Å². The van der Waals surface area contributed by atoms with Gasteiger partial charge in [-0.25, -0.2) is 22.0 Å². The molecule has 10 aromatic carbocycles. The van der Waals surface area contributed by atoms with Crippen LogP contribution >= 0.6 is 0 Å². The Morgan fingerprint density at radius 2 is 0.676 bits per heavy atom. The minimum absolute atomic E-state index is 0.0931. The van der Waals surface area contributed by atoms with Crippen LogP contribution in [-0.4, -0.2) is 18.3 Å². The van der Waals surface area contributed by atoms with Crippen molar-refractivity contribution in [3.63, 3.8) is 0 Å². The molecule has 10 heteroatoms. The Kier molecular flexibility index (Phi) is 8.59. The summed E-state index contributed by atoms with van der Waals surface area (Å²) >= 11 is 0. The minimum atomic E-state index is -2.27. The van der Waals surface area contributed by atoms with E-state index in [1.807, 2.05) is 179 Å². The van der Waals surface area contributed by atoms with Crippen molar-refractivity contribution in [3.8, 4) is 39.9 Å². The van der Waals surface area contributed by atoms with Crippen LogP contribution in [0.25, 0.3) is 121 Å². The molecule has 5 nitrogen and oxygen atoms in total. The van der Waals surface area contributed by atoms with Crippen LogP contribution < -0.4 is 0 Å². The molecule has 14 rings (SSSR count). The molecule has 71 heavy (non-hydrogen) atoms. The average molecular weight is 930 g/mol. The molecule has 0 radical (unpaired) electrons. The third-order valence-electron chi connectivity index (χ3n) is 14.2. The monoisotopic (exact) mass is 929 g/mol. The van der Waals surface area contributed by atoms with Gasteiger partial charge < -0.3 is 18.3 Å². The Morgan fingerprint density at radius 1 is 0.324 bits per heavy atom. The number of para-hydroxylation sites is 6. The number of fused-ring (bicyclic) bond motifs is 14. The van der Waals surface area contributed by atoms with E-state index in [0.29, 0.717) is 22.1 Å². The van der Waals surface area contributed by atoms with Crippen molar-refractivity contribution in [2.75, 3.05) is 0 Å². The van der Waals surface area contributed by atoms with E-state index in [-0.39, 0.29) is 22.5 Å². The van der Waals surface area contributed by atoms with Crippen molar-refractivity contribution in [1.82, 2.24) is 18.3 Å². The standard InChI is InChI=1S/C61H32F5N5/c62-55-52(56(63)58(65)59(66)57(55)64)34-31-50(70-44-23-11-7-19-37(44)39-27-29-48-53(60(39)70)41-21-9-13-25-46(41)68(48)35-15-3-1-4-16-35)43(33-67)51(32-34)71-45-24-12-8-20-38(45)40-28-30-49-54(61(40)71)42-22-10-14-26-47(42)69(49)36-17-5-2-6-18-36/h1-32H. The van der Waals surface area contributed by atoms with Crippen LogP contribution in [0.1, 0.15) is 5.56 Å². The second kappa shape index (κ2) is 15.0. The van der Waals surface area contributed by atoms with Crippen molar-refractivity contribution >= 4 is 87.2 Å². The Balaban J connectivity index is 1.21. The minimum Gasteiger partial charge on any atom is -0.309 e. The first kappa shape index (κ1) is 40.6. The van der Waals surface area contributed by atoms with Gasteiger partial charge in [0, 0.05) is 54.5 Å². The van der Waals surface area contributed by atoms with Gasteiger partial charge >= 0.3 is 0 Å². The van der Waals surface area contributed by atoms with Crippen molar-refractivity contribution in [2.45, 2.75) is 0 Å². The molecule has 0 saturated heterocycles. The molecule has 0 atom stereocenters. The molecule has 0 aliphatic rings. The molecule has 0 aliphatic heterocycles. The van der Waals surface area contributed by atoms with E-state index >= 15 is 17.6 Å². The van der Waals surface area contributed by atoms with E-state index in [1.54, 1.807) is 0 Å².